The van der Waals surface area contributed by atoms with Crippen molar-refractivity contribution >= 4 is 17.7 Å². The number of thioether (sulfide) groups is 1. The van der Waals surface area contributed by atoms with Crippen molar-refractivity contribution in [2.45, 2.75) is 30.1 Å². The second-order valence-electron chi connectivity index (χ2n) is 6.56. The highest BCUT2D eigenvalue weighted by Crippen LogP contribution is 2.34. The van der Waals surface area contributed by atoms with Crippen LogP contribution in [-0.4, -0.2) is 52.8 Å². The number of ether oxygens (including phenoxy) is 2. The Morgan fingerprint density at radius 3 is 3.04 bits per heavy atom. The van der Waals surface area contributed by atoms with Gasteiger partial charge in [0.2, 0.25) is 5.91 Å². The number of likely N-dealkylation sites (tertiary alicyclic amines) is 1. The number of aromatic amines is 1. The van der Waals surface area contributed by atoms with Gasteiger partial charge in [0.1, 0.15) is 19.0 Å². The number of piperidine rings is 1. The molecule has 0 saturated carbocycles. The lowest BCUT2D eigenvalue weighted by Crippen LogP contribution is -2.39. The monoisotopic (exact) mass is 373 g/mol. The van der Waals surface area contributed by atoms with Crippen LogP contribution in [0.5, 0.6) is 11.5 Å². The summed E-state index contributed by atoms with van der Waals surface area (Å²) in [5.41, 5.74) is 0. The number of imidazole rings is 1. The Labute approximate surface area is 157 Å². The molecule has 1 aromatic carbocycles. The predicted molar refractivity (Wildman–Crippen MR) is 99.9 cm³/mol. The number of hydrogen-bond acceptors (Lipinski definition) is 5. The van der Waals surface area contributed by atoms with Crippen LogP contribution in [0, 0.1) is 0 Å². The number of carbonyl (C=O) groups excluding carboxylic acids is 1. The van der Waals surface area contributed by atoms with Crippen molar-refractivity contribution in [2.75, 3.05) is 32.1 Å². The van der Waals surface area contributed by atoms with Gasteiger partial charge in [0.15, 0.2) is 11.5 Å². The van der Waals surface area contributed by atoms with Crippen molar-refractivity contribution in [3.05, 3.63) is 36.4 Å². The van der Waals surface area contributed by atoms with Gasteiger partial charge in [0, 0.05) is 48.5 Å². The second-order valence-corrected chi connectivity index (χ2v) is 7.73. The van der Waals surface area contributed by atoms with E-state index >= 15 is 0 Å². The zero-order chi connectivity index (χ0) is 17.8. The maximum absolute atomic E-state index is 12.6. The molecule has 6 nitrogen and oxygen atoms in total. The molecule has 138 valence electrons. The zero-order valence-corrected chi connectivity index (χ0v) is 15.5. The number of carbonyl (C=O) groups is 1. The summed E-state index contributed by atoms with van der Waals surface area (Å²) < 4.78 is 11.1. The normalized spacial score (nSPS) is 19.4. The molecule has 0 spiro atoms. The molecule has 26 heavy (non-hydrogen) atoms. The highest BCUT2D eigenvalue weighted by atomic mass is 32.2. The van der Waals surface area contributed by atoms with E-state index in [9.17, 15) is 4.79 Å². The van der Waals surface area contributed by atoms with E-state index in [0.717, 1.165) is 53.9 Å². The minimum atomic E-state index is 0.228. The minimum Gasteiger partial charge on any atom is -0.486 e. The second kappa shape index (κ2) is 8.03. The molecule has 1 unspecified atom stereocenters. The van der Waals surface area contributed by atoms with E-state index in [2.05, 4.69) is 9.97 Å². The predicted octanol–water partition coefficient (Wildman–Crippen LogP) is 3.07. The molecule has 1 N–H and O–H groups in total. The van der Waals surface area contributed by atoms with E-state index < -0.39 is 0 Å². The Kier molecular flexibility index (Phi) is 5.34. The number of fused-ring (bicyclic) bond motifs is 1. The molecule has 0 bridgehead atoms. The molecule has 0 radical (unpaired) electrons. The molecule has 3 heterocycles. The van der Waals surface area contributed by atoms with Gasteiger partial charge in [-0.2, -0.15) is 0 Å². The van der Waals surface area contributed by atoms with Crippen molar-refractivity contribution in [1.29, 1.82) is 0 Å². The molecular formula is C19H23N3O3S. The summed E-state index contributed by atoms with van der Waals surface area (Å²) in [5, 5.41) is 0. The van der Waals surface area contributed by atoms with Crippen molar-refractivity contribution in [1.82, 2.24) is 14.9 Å². The Morgan fingerprint density at radius 2 is 2.19 bits per heavy atom. The van der Waals surface area contributed by atoms with Crippen molar-refractivity contribution in [2.24, 2.45) is 0 Å². The van der Waals surface area contributed by atoms with Crippen molar-refractivity contribution < 1.29 is 14.3 Å². The van der Waals surface area contributed by atoms with Crippen molar-refractivity contribution in [3.8, 4) is 11.5 Å². The first-order valence-corrected chi connectivity index (χ1v) is 10.1. The number of amides is 1. The lowest BCUT2D eigenvalue weighted by Gasteiger charge is -2.32. The van der Waals surface area contributed by atoms with E-state index in [1.54, 1.807) is 18.0 Å². The molecule has 1 saturated heterocycles. The van der Waals surface area contributed by atoms with Gasteiger partial charge in [-0.25, -0.2) is 4.98 Å². The summed E-state index contributed by atoms with van der Waals surface area (Å²) in [6, 6.07) is 5.96. The first-order valence-electron chi connectivity index (χ1n) is 9.09. The molecule has 1 fully saturated rings. The van der Waals surface area contributed by atoms with Crippen LogP contribution in [0.2, 0.25) is 0 Å². The van der Waals surface area contributed by atoms with E-state index in [4.69, 9.17) is 9.47 Å². The summed E-state index contributed by atoms with van der Waals surface area (Å²) in [4.78, 5) is 23.2. The van der Waals surface area contributed by atoms with Crippen LogP contribution in [0.4, 0.5) is 0 Å². The van der Waals surface area contributed by atoms with E-state index in [1.165, 1.54) is 0 Å². The smallest absolute Gasteiger partial charge is 0.223 e. The molecule has 1 amide bonds. The third-order valence-corrected chi connectivity index (χ3v) is 5.77. The molecule has 7 heteroatoms. The van der Waals surface area contributed by atoms with Crippen LogP contribution in [-0.2, 0) is 4.79 Å². The number of nitrogens with one attached hydrogen (secondary N) is 1. The van der Waals surface area contributed by atoms with E-state index in [1.807, 2.05) is 29.3 Å². The molecule has 4 rings (SSSR count). The number of rotatable bonds is 5. The van der Waals surface area contributed by atoms with Gasteiger partial charge in [0.05, 0.1) is 0 Å². The molecular weight excluding hydrogens is 350 g/mol. The van der Waals surface area contributed by atoms with Crippen LogP contribution in [0.15, 0.2) is 35.5 Å². The average molecular weight is 373 g/mol. The van der Waals surface area contributed by atoms with Crippen LogP contribution in [0.25, 0.3) is 0 Å². The Bertz CT molecular complexity index is 750. The van der Waals surface area contributed by atoms with Gasteiger partial charge >= 0.3 is 0 Å². The van der Waals surface area contributed by atoms with Gasteiger partial charge in [-0.05, 0) is 31.0 Å². The molecule has 2 aromatic rings. The topological polar surface area (TPSA) is 67.5 Å². The average Bonchev–Trinajstić information content (AvgIpc) is 3.23. The van der Waals surface area contributed by atoms with Gasteiger partial charge in [-0.15, -0.1) is 11.8 Å². The van der Waals surface area contributed by atoms with E-state index in [0.29, 0.717) is 25.6 Å². The van der Waals surface area contributed by atoms with Crippen LogP contribution in [0.3, 0.4) is 0 Å². The standard InChI is InChI=1S/C19H23N3O3S/c23-18(22-8-1-2-14(13-22)19-20-6-7-21-19)5-11-26-15-3-4-16-17(12-15)25-10-9-24-16/h3-4,6-7,12,14H,1-2,5,8-11,13H2,(H,20,21). The lowest BCUT2D eigenvalue weighted by atomic mass is 9.97. The largest absolute Gasteiger partial charge is 0.486 e. The summed E-state index contributed by atoms with van der Waals surface area (Å²) in [7, 11) is 0. The highest BCUT2D eigenvalue weighted by molar-refractivity contribution is 7.99. The first kappa shape index (κ1) is 17.3. The molecule has 0 aliphatic carbocycles. The highest BCUT2D eigenvalue weighted by Gasteiger charge is 2.25. The van der Waals surface area contributed by atoms with Crippen LogP contribution >= 0.6 is 11.8 Å². The fraction of sp³-hybridized carbons (Fsp3) is 0.474. The van der Waals surface area contributed by atoms with Crippen LogP contribution in [0.1, 0.15) is 31.0 Å². The Hall–Kier alpha value is -2.15. The third-order valence-electron chi connectivity index (χ3n) is 4.78. The number of H-pyrrole nitrogens is 1. The third kappa shape index (κ3) is 3.98. The lowest BCUT2D eigenvalue weighted by molar-refractivity contribution is -0.131. The number of benzene rings is 1. The maximum Gasteiger partial charge on any atom is 0.223 e. The van der Waals surface area contributed by atoms with Gasteiger partial charge < -0.3 is 19.4 Å². The summed E-state index contributed by atoms with van der Waals surface area (Å²) in [6.07, 6.45) is 6.29. The molecule has 2 aliphatic heterocycles. The zero-order valence-electron chi connectivity index (χ0n) is 14.6. The Morgan fingerprint density at radius 1 is 1.31 bits per heavy atom. The Balaban J connectivity index is 1.27. The van der Waals surface area contributed by atoms with Crippen molar-refractivity contribution in [3.63, 3.8) is 0 Å². The summed E-state index contributed by atoms with van der Waals surface area (Å²) in [5.74, 6) is 3.91. The molecule has 2 aliphatic rings. The quantitative estimate of drug-likeness (QED) is 0.816. The summed E-state index contributed by atoms with van der Waals surface area (Å²) in [6.45, 7) is 2.81. The number of hydrogen-bond donors (Lipinski definition) is 1. The summed E-state index contributed by atoms with van der Waals surface area (Å²) >= 11 is 1.68. The maximum atomic E-state index is 12.6. The first-order chi connectivity index (χ1) is 12.8. The minimum absolute atomic E-state index is 0.228. The molecule has 1 atom stereocenters. The fourth-order valence-corrected chi connectivity index (χ4v) is 4.32. The number of nitrogens with zero attached hydrogens (tertiary/aromatic N) is 2. The van der Waals surface area contributed by atoms with Gasteiger partial charge in [0.25, 0.3) is 0 Å². The van der Waals surface area contributed by atoms with Gasteiger partial charge in [-0.3, -0.25) is 4.79 Å². The SMILES string of the molecule is O=C(CCSc1ccc2c(c1)OCCO2)N1CCCC(c2ncc[nH]2)C1. The molecule has 1 aromatic heterocycles. The van der Waals surface area contributed by atoms with E-state index in [-0.39, 0.29) is 5.91 Å². The van der Waals surface area contributed by atoms with Crippen LogP contribution < -0.4 is 9.47 Å². The fourth-order valence-electron chi connectivity index (χ4n) is 3.46. The van der Waals surface area contributed by atoms with Gasteiger partial charge in [-0.1, -0.05) is 0 Å². The number of aromatic nitrogens is 2.